The van der Waals surface area contributed by atoms with Crippen LogP contribution in [0.3, 0.4) is 0 Å². The van der Waals surface area contributed by atoms with Crippen LogP contribution in [0.4, 0.5) is 17.6 Å². The molecular weight excluding hydrogens is 226 g/mol. The molecule has 0 radical (unpaired) electrons. The second-order valence-corrected chi connectivity index (χ2v) is 3.01. The summed E-state index contributed by atoms with van der Waals surface area (Å²) in [6, 6.07) is 2.80. The van der Waals surface area contributed by atoms with E-state index in [4.69, 9.17) is 5.26 Å². The minimum Gasteiger partial charge on any atom is -0.294 e. The van der Waals surface area contributed by atoms with Crippen LogP contribution in [-0.2, 0) is 6.18 Å². The van der Waals surface area contributed by atoms with E-state index in [0.29, 0.717) is 6.07 Å². The molecule has 1 aromatic carbocycles. The molecule has 6 heteroatoms. The lowest BCUT2D eigenvalue weighted by atomic mass is 9.97. The molecule has 0 saturated heterocycles. The van der Waals surface area contributed by atoms with Crippen LogP contribution >= 0.6 is 0 Å². The van der Waals surface area contributed by atoms with Gasteiger partial charge in [0.05, 0.1) is 17.2 Å². The third-order valence-corrected chi connectivity index (χ3v) is 1.91. The molecule has 0 unspecified atom stereocenters. The Bertz CT molecular complexity index is 485. The van der Waals surface area contributed by atoms with Gasteiger partial charge in [0.25, 0.3) is 0 Å². The number of benzene rings is 1. The van der Waals surface area contributed by atoms with Crippen molar-refractivity contribution in [2.45, 2.75) is 13.1 Å². The summed E-state index contributed by atoms with van der Waals surface area (Å²) < 4.78 is 50.5. The molecule has 0 fully saturated rings. The highest BCUT2D eigenvalue weighted by atomic mass is 19.4. The quantitative estimate of drug-likeness (QED) is 0.550. The summed E-state index contributed by atoms with van der Waals surface area (Å²) in [4.78, 5) is 11.0. The highest BCUT2D eigenvalue weighted by molar-refractivity contribution is 5.98. The van der Waals surface area contributed by atoms with Gasteiger partial charge in [-0.1, -0.05) is 0 Å². The first-order valence-corrected chi connectivity index (χ1v) is 4.09. The smallest absolute Gasteiger partial charge is 0.294 e. The van der Waals surface area contributed by atoms with E-state index < -0.39 is 34.5 Å². The average molecular weight is 231 g/mol. The van der Waals surface area contributed by atoms with E-state index in [2.05, 4.69) is 0 Å². The Morgan fingerprint density at radius 1 is 1.38 bits per heavy atom. The summed E-state index contributed by atoms with van der Waals surface area (Å²) >= 11 is 0. The molecule has 0 aliphatic heterocycles. The van der Waals surface area contributed by atoms with E-state index in [1.807, 2.05) is 0 Å². The third kappa shape index (κ3) is 2.03. The maximum Gasteiger partial charge on any atom is 0.419 e. The van der Waals surface area contributed by atoms with Crippen molar-refractivity contribution in [2.24, 2.45) is 0 Å². The zero-order valence-corrected chi connectivity index (χ0v) is 8.02. The molecule has 2 nitrogen and oxygen atoms in total. The number of carbonyl (C=O) groups is 1. The van der Waals surface area contributed by atoms with Crippen LogP contribution in [0.15, 0.2) is 12.1 Å². The summed E-state index contributed by atoms with van der Waals surface area (Å²) in [5.74, 6) is -2.56. The lowest BCUT2D eigenvalue weighted by Crippen LogP contribution is -2.16. The van der Waals surface area contributed by atoms with E-state index in [1.165, 1.54) is 6.07 Å². The number of nitriles is 1. The Hall–Kier alpha value is -1.90. The van der Waals surface area contributed by atoms with Gasteiger partial charge in [0.1, 0.15) is 11.4 Å². The number of carbonyl (C=O) groups excluding carboxylic acids is 1. The number of ketones is 1. The molecule has 1 rings (SSSR count). The molecule has 0 atom stereocenters. The molecule has 0 aliphatic carbocycles. The van der Waals surface area contributed by atoms with Crippen LogP contribution in [0, 0.1) is 17.1 Å². The van der Waals surface area contributed by atoms with E-state index in [0.717, 1.165) is 13.0 Å². The number of rotatable bonds is 1. The van der Waals surface area contributed by atoms with Crippen LogP contribution in [0.2, 0.25) is 0 Å². The highest BCUT2D eigenvalue weighted by Crippen LogP contribution is 2.35. The third-order valence-electron chi connectivity index (χ3n) is 1.91. The fourth-order valence-electron chi connectivity index (χ4n) is 1.31. The molecular formula is C10H5F4NO. The van der Waals surface area contributed by atoms with Crippen molar-refractivity contribution >= 4 is 5.78 Å². The fraction of sp³-hybridized carbons (Fsp3) is 0.200. The molecule has 84 valence electrons. The summed E-state index contributed by atoms with van der Waals surface area (Å²) in [5, 5.41) is 8.56. The Morgan fingerprint density at radius 2 is 1.94 bits per heavy atom. The van der Waals surface area contributed by atoms with Crippen molar-refractivity contribution in [3.05, 3.63) is 34.6 Å². The van der Waals surface area contributed by atoms with Gasteiger partial charge in [-0.15, -0.1) is 0 Å². The van der Waals surface area contributed by atoms with Crippen molar-refractivity contribution in [2.75, 3.05) is 0 Å². The lowest BCUT2D eigenvalue weighted by molar-refractivity contribution is -0.140. The van der Waals surface area contributed by atoms with Gasteiger partial charge in [-0.25, -0.2) is 4.39 Å². The standard InChI is InChI=1S/C10H5F4NO/c1-5(16)8-6(4-15)2-3-7(11)9(8)10(12,13)14/h2-3H,1H3. The van der Waals surface area contributed by atoms with Crippen molar-refractivity contribution in [1.29, 1.82) is 5.26 Å². The maximum absolute atomic E-state index is 13.0. The molecule has 0 heterocycles. The molecule has 0 aromatic heterocycles. The zero-order valence-electron chi connectivity index (χ0n) is 8.02. The first kappa shape index (κ1) is 12.2. The number of halogens is 4. The SMILES string of the molecule is CC(=O)c1c(C#N)ccc(F)c1C(F)(F)F. The predicted molar refractivity (Wildman–Crippen MR) is 46.1 cm³/mol. The van der Waals surface area contributed by atoms with Crippen molar-refractivity contribution in [3.63, 3.8) is 0 Å². The van der Waals surface area contributed by atoms with Crippen LogP contribution in [-0.4, -0.2) is 5.78 Å². The van der Waals surface area contributed by atoms with Crippen molar-refractivity contribution in [3.8, 4) is 6.07 Å². The number of nitrogens with zero attached hydrogens (tertiary/aromatic N) is 1. The molecule has 0 bridgehead atoms. The maximum atomic E-state index is 13.0. The minimum atomic E-state index is -5.00. The molecule has 0 amide bonds. The number of hydrogen-bond acceptors (Lipinski definition) is 2. The van der Waals surface area contributed by atoms with Gasteiger partial charge in [-0.3, -0.25) is 4.79 Å². The predicted octanol–water partition coefficient (Wildman–Crippen LogP) is 2.92. The zero-order chi connectivity index (χ0) is 12.5. The van der Waals surface area contributed by atoms with Crippen LogP contribution in [0.25, 0.3) is 0 Å². The second-order valence-electron chi connectivity index (χ2n) is 3.01. The summed E-state index contributed by atoms with van der Waals surface area (Å²) in [7, 11) is 0. The second kappa shape index (κ2) is 3.93. The highest BCUT2D eigenvalue weighted by Gasteiger charge is 2.39. The van der Waals surface area contributed by atoms with E-state index in [1.54, 1.807) is 0 Å². The van der Waals surface area contributed by atoms with Gasteiger partial charge in [0, 0.05) is 0 Å². The minimum absolute atomic E-state index is 0.485. The average Bonchev–Trinajstić information content (AvgIpc) is 2.15. The van der Waals surface area contributed by atoms with Gasteiger partial charge < -0.3 is 0 Å². The van der Waals surface area contributed by atoms with Gasteiger partial charge in [0.2, 0.25) is 0 Å². The van der Waals surface area contributed by atoms with E-state index >= 15 is 0 Å². The van der Waals surface area contributed by atoms with Crippen LogP contribution < -0.4 is 0 Å². The van der Waals surface area contributed by atoms with E-state index in [9.17, 15) is 22.4 Å². The Morgan fingerprint density at radius 3 is 2.31 bits per heavy atom. The molecule has 0 aliphatic rings. The largest absolute Gasteiger partial charge is 0.419 e. The number of alkyl halides is 3. The number of hydrogen-bond donors (Lipinski definition) is 0. The lowest BCUT2D eigenvalue weighted by Gasteiger charge is -2.12. The summed E-state index contributed by atoms with van der Waals surface area (Å²) in [6.45, 7) is 0.852. The molecule has 0 spiro atoms. The Kier molecular flexibility index (Phi) is 2.99. The topological polar surface area (TPSA) is 40.9 Å². The fourth-order valence-corrected chi connectivity index (χ4v) is 1.31. The molecule has 16 heavy (non-hydrogen) atoms. The van der Waals surface area contributed by atoms with Crippen LogP contribution in [0.1, 0.15) is 28.4 Å². The monoisotopic (exact) mass is 231 g/mol. The molecule has 0 saturated carbocycles. The number of Topliss-reactive ketones (excluding diaryl/α,β-unsaturated/α-hetero) is 1. The van der Waals surface area contributed by atoms with Gasteiger partial charge in [-0.2, -0.15) is 18.4 Å². The normalized spacial score (nSPS) is 11.0. The Balaban J connectivity index is 3.70. The van der Waals surface area contributed by atoms with Crippen molar-refractivity contribution in [1.82, 2.24) is 0 Å². The van der Waals surface area contributed by atoms with Crippen LogP contribution in [0.5, 0.6) is 0 Å². The van der Waals surface area contributed by atoms with Gasteiger partial charge in [-0.05, 0) is 19.1 Å². The molecule has 0 N–H and O–H groups in total. The Labute approximate surface area is 88.1 Å². The van der Waals surface area contributed by atoms with E-state index in [-0.39, 0.29) is 0 Å². The van der Waals surface area contributed by atoms with Gasteiger partial charge in [0.15, 0.2) is 5.78 Å². The van der Waals surface area contributed by atoms with Gasteiger partial charge >= 0.3 is 6.18 Å². The summed E-state index contributed by atoms with van der Waals surface area (Å²) in [6.07, 6.45) is -5.00. The molecule has 1 aromatic rings. The first-order chi connectivity index (χ1) is 7.29. The van der Waals surface area contributed by atoms with Crippen molar-refractivity contribution < 1.29 is 22.4 Å². The summed E-state index contributed by atoms with van der Waals surface area (Å²) in [5.41, 5.74) is -3.09. The first-order valence-electron chi connectivity index (χ1n) is 4.09.